The zero-order valence-electron chi connectivity index (χ0n) is 9.89. The summed E-state index contributed by atoms with van der Waals surface area (Å²) in [5, 5.41) is 3.82. The van der Waals surface area contributed by atoms with Gasteiger partial charge in [0.25, 0.3) is 0 Å². The Hall–Kier alpha value is -1.53. The molecule has 1 atom stereocenters. The molecule has 0 saturated carbocycles. The van der Waals surface area contributed by atoms with E-state index in [0.717, 1.165) is 22.0 Å². The van der Waals surface area contributed by atoms with Crippen LogP contribution in [0, 0.1) is 20.8 Å². The molecule has 0 bridgehead atoms. The second kappa shape index (κ2) is 4.77. The molecule has 0 aliphatic carbocycles. The third kappa shape index (κ3) is 2.59. The van der Waals surface area contributed by atoms with Gasteiger partial charge in [-0.25, -0.2) is 0 Å². The Morgan fingerprint density at radius 1 is 1.29 bits per heavy atom. The molecule has 0 saturated heterocycles. The topological polar surface area (TPSA) is 71.2 Å². The predicted octanol–water partition coefficient (Wildman–Crippen LogP) is 2.47. The van der Waals surface area contributed by atoms with Crippen molar-refractivity contribution in [2.24, 2.45) is 0 Å². The molecule has 0 fully saturated rings. The molecule has 0 aromatic carbocycles. The van der Waals surface area contributed by atoms with Gasteiger partial charge in [0.05, 0.1) is 6.20 Å². The van der Waals surface area contributed by atoms with E-state index in [-0.39, 0.29) is 0 Å². The normalized spacial score (nSPS) is 12.5. The summed E-state index contributed by atoms with van der Waals surface area (Å²) in [6, 6.07) is 3.71. The highest BCUT2D eigenvalue weighted by Gasteiger charge is 2.24. The molecule has 0 radical (unpaired) electrons. The molecule has 0 spiro atoms. The molecule has 1 unspecified atom stereocenters. The van der Waals surface area contributed by atoms with Gasteiger partial charge in [-0.3, -0.25) is 4.98 Å². The fraction of sp³-hybridized carbons (Fsp3) is 0.273. The van der Waals surface area contributed by atoms with E-state index in [9.17, 15) is 4.55 Å². The van der Waals surface area contributed by atoms with Crippen molar-refractivity contribution in [2.45, 2.75) is 25.7 Å². The molecule has 6 heteroatoms. The molecule has 0 amide bonds. The fourth-order valence-electron chi connectivity index (χ4n) is 1.35. The Labute approximate surface area is 103 Å². The second-order valence-corrected chi connectivity index (χ2v) is 4.97. The Balaban J connectivity index is 2.17. The largest absolute Gasteiger partial charge is 0.359 e. The Bertz CT molecular complexity index is 490. The minimum Gasteiger partial charge on any atom is -0.359 e. The van der Waals surface area contributed by atoms with Crippen LogP contribution in [-0.2, 0) is 11.4 Å². The maximum absolute atomic E-state index is 10.0. The van der Waals surface area contributed by atoms with Crippen LogP contribution in [0.2, 0.25) is 0 Å². The molecule has 0 aliphatic rings. The molecule has 2 N–H and O–H groups in total. The summed E-state index contributed by atoms with van der Waals surface area (Å²) < 4.78 is 18.0. The first kappa shape index (κ1) is 11.9. The summed E-state index contributed by atoms with van der Waals surface area (Å²) in [5.41, 5.74) is 2.38. The van der Waals surface area contributed by atoms with Gasteiger partial charge in [0.1, 0.15) is 5.69 Å². The SMILES string of the molecule is Cc1ccc([S+](O)Nc2c(C)noc2C)cn1. The number of aromatic nitrogens is 2. The quantitative estimate of drug-likeness (QED) is 0.821. The number of pyridine rings is 1. The Morgan fingerprint density at radius 2 is 2.06 bits per heavy atom. The zero-order chi connectivity index (χ0) is 12.4. The smallest absolute Gasteiger partial charge is 0.305 e. The number of rotatable bonds is 3. The summed E-state index contributed by atoms with van der Waals surface area (Å²) in [4.78, 5) is 4.87. The molecule has 90 valence electrons. The van der Waals surface area contributed by atoms with Gasteiger partial charge < -0.3 is 4.52 Å². The highest BCUT2D eigenvalue weighted by Crippen LogP contribution is 2.22. The number of nitrogens with zero attached hydrogens (tertiary/aromatic N) is 2. The third-order valence-electron chi connectivity index (χ3n) is 2.34. The molecule has 0 aliphatic heterocycles. The first-order chi connectivity index (χ1) is 8.08. The van der Waals surface area contributed by atoms with E-state index < -0.39 is 11.4 Å². The van der Waals surface area contributed by atoms with Gasteiger partial charge in [-0.2, -0.15) is 9.27 Å². The van der Waals surface area contributed by atoms with Gasteiger partial charge in [0.2, 0.25) is 4.90 Å². The minimum atomic E-state index is -1.10. The van der Waals surface area contributed by atoms with Crippen LogP contribution < -0.4 is 4.72 Å². The average Bonchev–Trinajstić information content (AvgIpc) is 2.61. The monoisotopic (exact) mass is 252 g/mol. The van der Waals surface area contributed by atoms with Crippen molar-refractivity contribution in [1.29, 1.82) is 0 Å². The first-order valence-corrected chi connectivity index (χ1v) is 6.31. The molecule has 17 heavy (non-hydrogen) atoms. The predicted molar refractivity (Wildman–Crippen MR) is 66.8 cm³/mol. The van der Waals surface area contributed by atoms with Gasteiger partial charge in [-0.1, -0.05) is 5.16 Å². The van der Waals surface area contributed by atoms with Gasteiger partial charge in [-0.05, 0) is 26.8 Å². The Kier molecular flexibility index (Phi) is 3.35. The average molecular weight is 252 g/mol. The van der Waals surface area contributed by atoms with Crippen LogP contribution in [0.25, 0.3) is 0 Å². The third-order valence-corrected chi connectivity index (χ3v) is 3.43. The number of aryl methyl sites for hydroxylation is 3. The van der Waals surface area contributed by atoms with Crippen molar-refractivity contribution in [1.82, 2.24) is 10.1 Å². The second-order valence-electron chi connectivity index (χ2n) is 3.72. The molecular weight excluding hydrogens is 238 g/mol. The van der Waals surface area contributed by atoms with Crippen LogP contribution in [0.5, 0.6) is 0 Å². The van der Waals surface area contributed by atoms with Crippen LogP contribution in [-0.4, -0.2) is 14.7 Å². The van der Waals surface area contributed by atoms with E-state index >= 15 is 0 Å². The van der Waals surface area contributed by atoms with Crippen molar-refractivity contribution < 1.29 is 9.08 Å². The van der Waals surface area contributed by atoms with Gasteiger partial charge in [-0.15, -0.1) is 0 Å². The van der Waals surface area contributed by atoms with E-state index in [1.54, 1.807) is 13.1 Å². The van der Waals surface area contributed by atoms with Crippen molar-refractivity contribution in [3.8, 4) is 0 Å². The van der Waals surface area contributed by atoms with E-state index in [1.165, 1.54) is 0 Å². The van der Waals surface area contributed by atoms with Crippen LogP contribution in [0.3, 0.4) is 0 Å². The minimum absolute atomic E-state index is 0.661. The molecule has 2 aromatic heterocycles. The Morgan fingerprint density at radius 3 is 2.59 bits per heavy atom. The van der Waals surface area contributed by atoms with Crippen molar-refractivity contribution >= 4 is 17.0 Å². The van der Waals surface area contributed by atoms with Crippen LogP contribution in [0.15, 0.2) is 27.7 Å². The van der Waals surface area contributed by atoms with Crippen molar-refractivity contribution in [3.63, 3.8) is 0 Å². The van der Waals surface area contributed by atoms with E-state index in [2.05, 4.69) is 14.9 Å². The van der Waals surface area contributed by atoms with Crippen LogP contribution in [0.1, 0.15) is 17.1 Å². The van der Waals surface area contributed by atoms with Crippen LogP contribution in [0.4, 0.5) is 5.69 Å². The van der Waals surface area contributed by atoms with E-state index in [4.69, 9.17) is 4.52 Å². The summed E-state index contributed by atoms with van der Waals surface area (Å²) in [5.74, 6) is 0.661. The number of hydrogen-bond donors (Lipinski definition) is 2. The van der Waals surface area contributed by atoms with E-state index in [0.29, 0.717) is 5.76 Å². The highest BCUT2D eigenvalue weighted by atomic mass is 32.2. The molecule has 2 rings (SSSR count). The maximum atomic E-state index is 10.0. The summed E-state index contributed by atoms with van der Waals surface area (Å²) in [6.45, 7) is 5.53. The zero-order valence-corrected chi connectivity index (χ0v) is 10.7. The van der Waals surface area contributed by atoms with Crippen molar-refractivity contribution in [2.75, 3.05) is 4.72 Å². The molecule has 5 nitrogen and oxygen atoms in total. The fourth-order valence-corrected chi connectivity index (χ4v) is 2.31. The lowest BCUT2D eigenvalue weighted by Crippen LogP contribution is -2.13. The first-order valence-electron chi connectivity index (χ1n) is 5.13. The van der Waals surface area contributed by atoms with E-state index in [1.807, 2.05) is 26.0 Å². The highest BCUT2D eigenvalue weighted by molar-refractivity contribution is 7.92. The lowest BCUT2D eigenvalue weighted by molar-refractivity contribution is 0.393. The van der Waals surface area contributed by atoms with Crippen molar-refractivity contribution in [3.05, 3.63) is 35.5 Å². The summed E-state index contributed by atoms with van der Waals surface area (Å²) in [6.07, 6.45) is 1.66. The van der Waals surface area contributed by atoms with Crippen LogP contribution >= 0.6 is 0 Å². The number of anilines is 1. The standard InChI is InChI=1S/C11H14N3O2S/c1-7-4-5-10(6-12-7)17(15)14-11-8(2)13-16-9(11)3/h4-6,14-15H,1-3H3/q+1. The molecule has 2 aromatic rings. The van der Waals surface area contributed by atoms with Gasteiger partial charge in [0, 0.05) is 11.8 Å². The number of hydrogen-bond acceptors (Lipinski definition) is 5. The summed E-state index contributed by atoms with van der Waals surface area (Å²) in [7, 11) is 0. The maximum Gasteiger partial charge on any atom is 0.305 e. The number of nitrogens with one attached hydrogen (secondary N) is 1. The molecule has 2 heterocycles. The lowest BCUT2D eigenvalue weighted by atomic mass is 10.3. The van der Waals surface area contributed by atoms with Gasteiger partial charge >= 0.3 is 11.4 Å². The summed E-state index contributed by atoms with van der Waals surface area (Å²) >= 11 is -1.10. The molecular formula is C11H14N3O2S+. The lowest BCUT2D eigenvalue weighted by Gasteiger charge is -2.01. The van der Waals surface area contributed by atoms with Gasteiger partial charge in [0.15, 0.2) is 11.4 Å².